The zero-order chi connectivity index (χ0) is 14.0. The van der Waals surface area contributed by atoms with E-state index in [-0.39, 0.29) is 11.9 Å². The average Bonchev–Trinajstić information content (AvgIpc) is 2.37. The Labute approximate surface area is 125 Å². The standard InChI is InChI=1S/C15H14BrClFN/c1-9-12(3-2-4-13(9)16)15(19)8-10-7-11(17)5-6-14(10)18/h2-7,15H,8,19H2,1H3. The van der Waals surface area contributed by atoms with Crippen LogP contribution in [-0.4, -0.2) is 0 Å². The fourth-order valence-electron chi connectivity index (χ4n) is 2.07. The van der Waals surface area contributed by atoms with Crippen LogP contribution in [0, 0.1) is 12.7 Å². The molecule has 100 valence electrons. The molecule has 0 fully saturated rings. The van der Waals surface area contributed by atoms with E-state index < -0.39 is 0 Å². The van der Waals surface area contributed by atoms with Crippen LogP contribution >= 0.6 is 27.5 Å². The maximum absolute atomic E-state index is 13.7. The van der Waals surface area contributed by atoms with Crippen molar-refractivity contribution in [3.05, 3.63) is 68.4 Å². The van der Waals surface area contributed by atoms with E-state index in [9.17, 15) is 4.39 Å². The summed E-state index contributed by atoms with van der Waals surface area (Å²) in [5.74, 6) is -0.271. The van der Waals surface area contributed by atoms with E-state index >= 15 is 0 Å². The van der Waals surface area contributed by atoms with Gasteiger partial charge in [-0.15, -0.1) is 0 Å². The molecule has 1 nitrogen and oxygen atoms in total. The molecule has 2 rings (SSSR count). The molecule has 0 aliphatic carbocycles. The van der Waals surface area contributed by atoms with Crippen LogP contribution in [0.1, 0.15) is 22.7 Å². The van der Waals surface area contributed by atoms with Crippen LogP contribution < -0.4 is 5.73 Å². The van der Waals surface area contributed by atoms with Crippen LogP contribution in [0.4, 0.5) is 4.39 Å². The monoisotopic (exact) mass is 341 g/mol. The van der Waals surface area contributed by atoms with E-state index in [0.717, 1.165) is 15.6 Å². The first kappa shape index (κ1) is 14.5. The molecule has 2 aromatic rings. The van der Waals surface area contributed by atoms with E-state index in [1.165, 1.54) is 12.1 Å². The fraction of sp³-hybridized carbons (Fsp3) is 0.200. The van der Waals surface area contributed by atoms with Crippen molar-refractivity contribution in [3.63, 3.8) is 0 Å². The Balaban J connectivity index is 2.28. The van der Waals surface area contributed by atoms with Gasteiger partial charge in [0.2, 0.25) is 0 Å². The first-order chi connectivity index (χ1) is 8.99. The topological polar surface area (TPSA) is 26.0 Å². The van der Waals surface area contributed by atoms with Crippen LogP contribution in [0.3, 0.4) is 0 Å². The molecular formula is C15H14BrClFN. The van der Waals surface area contributed by atoms with Crippen molar-refractivity contribution in [1.29, 1.82) is 0 Å². The summed E-state index contributed by atoms with van der Waals surface area (Å²) in [6, 6.07) is 10.1. The maximum Gasteiger partial charge on any atom is 0.126 e. The van der Waals surface area contributed by atoms with E-state index in [2.05, 4.69) is 15.9 Å². The van der Waals surface area contributed by atoms with Crippen molar-refractivity contribution in [1.82, 2.24) is 0 Å². The molecule has 1 atom stereocenters. The molecule has 0 heterocycles. The minimum absolute atomic E-state index is 0.259. The quantitative estimate of drug-likeness (QED) is 0.852. The molecule has 0 amide bonds. The van der Waals surface area contributed by atoms with Crippen LogP contribution in [0.15, 0.2) is 40.9 Å². The van der Waals surface area contributed by atoms with Gasteiger partial charge in [0.05, 0.1) is 0 Å². The second-order valence-corrected chi connectivity index (χ2v) is 5.79. The minimum atomic E-state index is -0.271. The van der Waals surface area contributed by atoms with Crippen molar-refractivity contribution in [3.8, 4) is 0 Å². The number of halogens is 3. The van der Waals surface area contributed by atoms with Gasteiger partial charge < -0.3 is 5.73 Å². The summed E-state index contributed by atoms with van der Waals surface area (Å²) in [6.07, 6.45) is 0.420. The lowest BCUT2D eigenvalue weighted by molar-refractivity contribution is 0.592. The second kappa shape index (κ2) is 6.04. The highest BCUT2D eigenvalue weighted by Gasteiger charge is 2.14. The Kier molecular flexibility index (Phi) is 4.61. The molecule has 0 aromatic heterocycles. The van der Waals surface area contributed by atoms with Gasteiger partial charge in [0, 0.05) is 15.5 Å². The number of rotatable bonds is 3. The van der Waals surface area contributed by atoms with E-state index in [1.54, 1.807) is 6.07 Å². The van der Waals surface area contributed by atoms with Crippen molar-refractivity contribution < 1.29 is 4.39 Å². The molecule has 4 heteroatoms. The normalized spacial score (nSPS) is 12.5. The first-order valence-electron chi connectivity index (χ1n) is 5.93. The van der Waals surface area contributed by atoms with Gasteiger partial charge in [0.15, 0.2) is 0 Å². The van der Waals surface area contributed by atoms with Crippen molar-refractivity contribution in [2.24, 2.45) is 5.73 Å². The first-order valence-corrected chi connectivity index (χ1v) is 7.10. The molecule has 2 aromatic carbocycles. The van der Waals surface area contributed by atoms with Crippen molar-refractivity contribution in [2.45, 2.75) is 19.4 Å². The SMILES string of the molecule is Cc1c(Br)cccc1C(N)Cc1cc(Cl)ccc1F. The molecule has 19 heavy (non-hydrogen) atoms. The third-order valence-corrected chi connectivity index (χ3v) is 4.25. The molecule has 0 aliphatic rings. The highest BCUT2D eigenvalue weighted by atomic mass is 79.9. The molecule has 1 unspecified atom stereocenters. The number of nitrogens with two attached hydrogens (primary N) is 1. The van der Waals surface area contributed by atoms with E-state index in [1.807, 2.05) is 25.1 Å². The molecule has 0 saturated carbocycles. The molecular weight excluding hydrogens is 329 g/mol. The van der Waals surface area contributed by atoms with E-state index in [4.69, 9.17) is 17.3 Å². The van der Waals surface area contributed by atoms with Gasteiger partial charge in [-0.2, -0.15) is 0 Å². The number of benzene rings is 2. The van der Waals surface area contributed by atoms with Gasteiger partial charge in [-0.25, -0.2) is 4.39 Å². The molecule has 2 N–H and O–H groups in total. The van der Waals surface area contributed by atoms with Gasteiger partial charge >= 0.3 is 0 Å². The van der Waals surface area contributed by atoms with Crippen molar-refractivity contribution >= 4 is 27.5 Å². The van der Waals surface area contributed by atoms with Crippen LogP contribution in [0.5, 0.6) is 0 Å². The summed E-state index contributed by atoms with van der Waals surface area (Å²) in [5.41, 5.74) is 8.82. The highest BCUT2D eigenvalue weighted by Crippen LogP contribution is 2.26. The fourth-order valence-corrected chi connectivity index (χ4v) is 2.65. The van der Waals surface area contributed by atoms with Gasteiger partial charge in [-0.3, -0.25) is 0 Å². The summed E-state index contributed by atoms with van der Waals surface area (Å²) in [6.45, 7) is 1.99. The third-order valence-electron chi connectivity index (χ3n) is 3.16. The lowest BCUT2D eigenvalue weighted by Crippen LogP contribution is -2.15. The predicted octanol–water partition coefficient (Wildman–Crippen LogP) is 4.79. The maximum atomic E-state index is 13.7. The predicted molar refractivity (Wildman–Crippen MR) is 80.9 cm³/mol. The van der Waals surface area contributed by atoms with Crippen LogP contribution in [0.2, 0.25) is 5.02 Å². The second-order valence-electron chi connectivity index (χ2n) is 4.50. The lowest BCUT2D eigenvalue weighted by Gasteiger charge is -2.16. The Morgan fingerprint density at radius 1 is 1.32 bits per heavy atom. The molecule has 0 radical (unpaired) electrons. The molecule has 0 bridgehead atoms. The minimum Gasteiger partial charge on any atom is -0.324 e. The van der Waals surface area contributed by atoms with Crippen LogP contribution in [-0.2, 0) is 6.42 Å². The number of hydrogen-bond acceptors (Lipinski definition) is 1. The Bertz CT molecular complexity index is 601. The molecule has 0 spiro atoms. The summed E-state index contributed by atoms with van der Waals surface area (Å²) in [5, 5.41) is 0.523. The van der Waals surface area contributed by atoms with Gasteiger partial charge in [0.1, 0.15) is 5.82 Å². The average molecular weight is 343 g/mol. The summed E-state index contributed by atoms with van der Waals surface area (Å²) in [7, 11) is 0. The largest absolute Gasteiger partial charge is 0.324 e. The summed E-state index contributed by atoms with van der Waals surface area (Å²) >= 11 is 9.36. The van der Waals surface area contributed by atoms with Crippen LogP contribution in [0.25, 0.3) is 0 Å². The van der Waals surface area contributed by atoms with E-state index in [0.29, 0.717) is 17.0 Å². The molecule has 0 saturated heterocycles. The summed E-state index contributed by atoms with van der Waals surface area (Å²) < 4.78 is 14.7. The third kappa shape index (κ3) is 3.35. The van der Waals surface area contributed by atoms with Gasteiger partial charge in [0.25, 0.3) is 0 Å². The zero-order valence-corrected chi connectivity index (χ0v) is 12.8. The van der Waals surface area contributed by atoms with Gasteiger partial charge in [-0.1, -0.05) is 39.7 Å². The summed E-state index contributed by atoms with van der Waals surface area (Å²) in [4.78, 5) is 0. The lowest BCUT2D eigenvalue weighted by atomic mass is 9.96. The molecule has 0 aliphatic heterocycles. The number of hydrogen-bond donors (Lipinski definition) is 1. The Hall–Kier alpha value is -0.900. The zero-order valence-electron chi connectivity index (χ0n) is 10.5. The smallest absolute Gasteiger partial charge is 0.126 e. The van der Waals surface area contributed by atoms with Crippen molar-refractivity contribution in [2.75, 3.05) is 0 Å². The highest BCUT2D eigenvalue weighted by molar-refractivity contribution is 9.10. The van der Waals surface area contributed by atoms with Gasteiger partial charge in [-0.05, 0) is 54.3 Å². The Morgan fingerprint density at radius 2 is 2.05 bits per heavy atom. The Morgan fingerprint density at radius 3 is 2.79 bits per heavy atom.